The van der Waals surface area contributed by atoms with Crippen LogP contribution >= 0.6 is 23.2 Å². The number of hydrogen-bond donors (Lipinski definition) is 10. The molecule has 4 aromatic carbocycles. The number of hydrogen-bond acceptors (Lipinski definition) is 16. The van der Waals surface area contributed by atoms with E-state index in [0.29, 0.717) is 0 Å². The molecule has 0 heterocycles. The number of nitrogen functional groups attached to an aromatic ring is 2. The number of nitrogens with one attached hydrogen (secondary N) is 4. The van der Waals surface area contributed by atoms with Gasteiger partial charge in [-0.1, -0.05) is 23.2 Å². The Kier molecular flexibility index (Phi) is 11.2. The molecule has 26 heteroatoms. The maximum atomic E-state index is 13.4. The van der Waals surface area contributed by atoms with Gasteiger partial charge in [0.15, 0.2) is 0 Å². The summed E-state index contributed by atoms with van der Waals surface area (Å²) in [6.45, 7) is 0. The largest absolute Gasteiger partial charge is 0.398 e. The summed E-state index contributed by atoms with van der Waals surface area (Å²) in [6, 6.07) is 12.6. The first kappa shape index (κ1) is 41.9. The summed E-state index contributed by atoms with van der Waals surface area (Å²) in [6.07, 6.45) is 0. The van der Waals surface area contributed by atoms with Crippen molar-refractivity contribution in [3.63, 3.8) is 0 Å². The van der Waals surface area contributed by atoms with Gasteiger partial charge in [-0.2, -0.15) is 33.7 Å². The SMILES string of the molecule is Nc1ccc(Nc2ccc(NC3=C(Cl)C(=O)C(Nc4ccc(Nc5ccc(N)c(S(=O)(=O)O)c5)c(S(=O)(=O)O)c4)=C(Cl)C3=O)cc2S(=O)(=O)O)cc1S(=O)(=O)O. The fourth-order valence-corrected chi connectivity index (χ4v) is 8.06. The summed E-state index contributed by atoms with van der Waals surface area (Å²) in [5, 5.41) is 8.46. The van der Waals surface area contributed by atoms with Gasteiger partial charge >= 0.3 is 0 Å². The quantitative estimate of drug-likeness (QED) is 0.0547. The van der Waals surface area contributed by atoms with Gasteiger partial charge in [0.25, 0.3) is 40.5 Å². The molecule has 0 radical (unpaired) electrons. The number of allylic oxidation sites excluding steroid dienone is 2. The van der Waals surface area contributed by atoms with Crippen molar-refractivity contribution >= 4 is 121 Å². The highest BCUT2D eigenvalue weighted by Crippen LogP contribution is 2.36. The van der Waals surface area contributed by atoms with Crippen LogP contribution in [-0.4, -0.2) is 63.4 Å². The lowest BCUT2D eigenvalue weighted by molar-refractivity contribution is -0.115. The van der Waals surface area contributed by atoms with Crippen LogP contribution < -0.4 is 32.7 Å². The molecule has 4 aromatic rings. The van der Waals surface area contributed by atoms with Gasteiger partial charge < -0.3 is 32.7 Å². The molecule has 1 aliphatic rings. The molecule has 0 bridgehead atoms. The molecule has 0 saturated heterocycles. The number of rotatable bonds is 12. The molecule has 0 fully saturated rings. The molecule has 0 aliphatic heterocycles. The Morgan fingerprint density at radius 1 is 0.429 bits per heavy atom. The third-order valence-corrected chi connectivity index (χ3v) is 11.8. The van der Waals surface area contributed by atoms with Crippen molar-refractivity contribution < 1.29 is 61.5 Å². The van der Waals surface area contributed by atoms with E-state index in [2.05, 4.69) is 21.3 Å². The van der Waals surface area contributed by atoms with Crippen molar-refractivity contribution in [2.24, 2.45) is 0 Å². The zero-order chi connectivity index (χ0) is 41.7. The smallest absolute Gasteiger partial charge is 0.296 e. The Labute approximate surface area is 327 Å². The minimum absolute atomic E-state index is 0.0844. The van der Waals surface area contributed by atoms with E-state index >= 15 is 0 Å². The Morgan fingerprint density at radius 2 is 0.696 bits per heavy atom. The lowest BCUT2D eigenvalue weighted by Crippen LogP contribution is -2.27. The second-order valence-corrected chi connectivity index (χ2v) is 17.7. The van der Waals surface area contributed by atoms with Crippen molar-refractivity contribution in [2.45, 2.75) is 19.6 Å². The predicted octanol–water partition coefficient (Wildman–Crippen LogP) is 3.90. The van der Waals surface area contributed by atoms with Crippen LogP contribution in [0.4, 0.5) is 45.5 Å². The molecule has 1 aliphatic carbocycles. The first-order chi connectivity index (χ1) is 25.8. The van der Waals surface area contributed by atoms with E-state index in [4.69, 9.17) is 34.7 Å². The van der Waals surface area contributed by atoms with Gasteiger partial charge in [0.2, 0.25) is 11.6 Å². The first-order valence-corrected chi connectivity index (χ1v) is 21.2. The molecular formula is C30H24Cl2N6O14S4. The van der Waals surface area contributed by atoms with Gasteiger partial charge in [-0.3, -0.25) is 27.8 Å². The average Bonchev–Trinajstić information content (AvgIpc) is 3.08. The van der Waals surface area contributed by atoms with Crippen molar-refractivity contribution in [1.29, 1.82) is 0 Å². The van der Waals surface area contributed by atoms with Crippen LogP contribution in [0.2, 0.25) is 0 Å². The van der Waals surface area contributed by atoms with Crippen LogP contribution in [0, 0.1) is 0 Å². The van der Waals surface area contributed by atoms with Crippen LogP contribution in [0.15, 0.2) is 114 Å². The summed E-state index contributed by atoms with van der Waals surface area (Å²) < 4.78 is 135. The number of benzene rings is 4. The lowest BCUT2D eigenvalue weighted by atomic mass is 10.0. The van der Waals surface area contributed by atoms with Crippen molar-refractivity contribution in [3.8, 4) is 0 Å². The molecule has 296 valence electrons. The molecule has 0 amide bonds. The topological polar surface area (TPSA) is 352 Å². The molecular weight excluding hydrogens is 868 g/mol. The maximum Gasteiger partial charge on any atom is 0.296 e. The van der Waals surface area contributed by atoms with Crippen molar-refractivity contribution in [3.05, 3.63) is 94.3 Å². The molecule has 56 heavy (non-hydrogen) atoms. The number of anilines is 8. The third kappa shape index (κ3) is 9.05. The zero-order valence-electron chi connectivity index (χ0n) is 27.3. The van der Waals surface area contributed by atoms with Crippen molar-refractivity contribution in [2.75, 3.05) is 32.7 Å². The fourth-order valence-electron chi connectivity index (χ4n) is 4.97. The summed E-state index contributed by atoms with van der Waals surface area (Å²) in [4.78, 5) is 23.7. The van der Waals surface area contributed by atoms with Gasteiger partial charge in [-0.25, -0.2) is 0 Å². The Hall–Kier alpha value is -5.28. The van der Waals surface area contributed by atoms with Crippen LogP contribution in [0.3, 0.4) is 0 Å². The van der Waals surface area contributed by atoms with E-state index in [-0.39, 0.29) is 45.5 Å². The second-order valence-electron chi connectivity index (χ2n) is 11.4. The molecule has 20 nitrogen and oxygen atoms in total. The molecule has 12 N–H and O–H groups in total. The van der Waals surface area contributed by atoms with E-state index in [1.807, 2.05) is 0 Å². The number of ketones is 2. The fraction of sp³-hybridized carbons (Fsp3) is 0. The zero-order valence-corrected chi connectivity index (χ0v) is 32.1. The highest BCUT2D eigenvalue weighted by molar-refractivity contribution is 7.86. The standard InChI is InChI=1S/C30H24Cl2N6O14S4/c31-25-27(37-15-3-7-19(23(11-15)55(47,48)49)35-13-1-5-17(33)21(9-13)53(41,42)43)29(39)26(32)28(30(25)40)38-16-4-8-20(24(12-16)56(50,51)52)36-14-2-6-18(34)22(10-14)54(44,45)46/h1-12,35-38H,33-34H2,(H,41,42,43)(H,44,45,46)(H,47,48,49)(H,50,51,52). The molecule has 0 unspecified atom stereocenters. The minimum Gasteiger partial charge on any atom is -0.398 e. The summed E-state index contributed by atoms with van der Waals surface area (Å²) >= 11 is 12.5. The van der Waals surface area contributed by atoms with Crippen LogP contribution in [0.1, 0.15) is 0 Å². The second kappa shape index (κ2) is 15.0. The van der Waals surface area contributed by atoms with E-state index in [9.17, 15) is 61.5 Å². The van der Waals surface area contributed by atoms with Gasteiger partial charge in [0, 0.05) is 22.7 Å². The Morgan fingerprint density at radius 3 is 1.00 bits per heavy atom. The number of carbonyl (C=O) groups excluding carboxylic acids is 2. The number of Topliss-reactive ketones (excluding diaryl/α,β-unsaturated/α-hetero) is 2. The van der Waals surface area contributed by atoms with Gasteiger partial charge in [-0.15, -0.1) is 0 Å². The van der Waals surface area contributed by atoms with E-state index in [1.165, 1.54) is 24.3 Å². The molecule has 0 spiro atoms. The monoisotopic (exact) mass is 890 g/mol. The third-order valence-electron chi connectivity index (χ3n) is 7.49. The molecule has 5 rings (SSSR count). The Balaban J connectivity index is 1.42. The normalized spacial score (nSPS) is 14.2. The average molecular weight is 892 g/mol. The number of carbonyl (C=O) groups is 2. The van der Waals surface area contributed by atoms with E-state index in [1.54, 1.807) is 0 Å². The minimum atomic E-state index is -5.05. The predicted molar refractivity (Wildman–Crippen MR) is 203 cm³/mol. The van der Waals surface area contributed by atoms with Gasteiger partial charge in [-0.05, 0) is 72.8 Å². The highest BCUT2D eigenvalue weighted by atomic mass is 35.5. The van der Waals surface area contributed by atoms with E-state index < -0.39 is 93.1 Å². The lowest BCUT2D eigenvalue weighted by Gasteiger charge is -2.21. The first-order valence-electron chi connectivity index (χ1n) is 14.7. The van der Waals surface area contributed by atoms with E-state index in [0.717, 1.165) is 48.5 Å². The molecule has 0 atom stereocenters. The Bertz CT molecular complexity index is 2710. The number of nitrogens with two attached hydrogens (primary N) is 2. The van der Waals surface area contributed by atoms with Crippen molar-refractivity contribution in [1.82, 2.24) is 0 Å². The maximum absolute atomic E-state index is 13.4. The van der Waals surface area contributed by atoms with Crippen LogP contribution in [0.5, 0.6) is 0 Å². The van der Waals surface area contributed by atoms with Gasteiger partial charge in [0.1, 0.15) is 41.0 Å². The van der Waals surface area contributed by atoms with Gasteiger partial charge in [0.05, 0.1) is 22.7 Å². The van der Waals surface area contributed by atoms with Crippen LogP contribution in [0.25, 0.3) is 0 Å². The summed E-state index contributed by atoms with van der Waals surface area (Å²) in [5.74, 6) is -2.25. The summed E-state index contributed by atoms with van der Waals surface area (Å²) in [7, 11) is -19.6. The number of halogens is 2. The molecule has 0 saturated carbocycles. The van der Waals surface area contributed by atoms with Crippen LogP contribution in [-0.2, 0) is 50.1 Å². The highest BCUT2D eigenvalue weighted by Gasteiger charge is 2.34. The molecule has 0 aromatic heterocycles. The summed E-state index contributed by atoms with van der Waals surface area (Å²) in [5.41, 5.74) is 7.94.